The Morgan fingerprint density at radius 2 is 1.79 bits per heavy atom. The van der Waals surface area contributed by atoms with E-state index in [4.69, 9.17) is 9.47 Å². The zero-order chi connectivity index (χ0) is 24.3. The van der Waals surface area contributed by atoms with Crippen LogP contribution in [-0.4, -0.2) is 66.9 Å². The zero-order valence-corrected chi connectivity index (χ0v) is 21.8. The molecule has 8 atom stereocenters. The SMILES string of the molecule is C/C=C/C=C/C=O.CCC12CCCC3N(CC4CCC4)C(CC4CCC(OC)C(OC)C41)C32O. The van der Waals surface area contributed by atoms with Crippen molar-refractivity contribution in [1.29, 1.82) is 0 Å². The lowest BCUT2D eigenvalue weighted by atomic mass is 9.39. The van der Waals surface area contributed by atoms with Crippen LogP contribution in [0.5, 0.6) is 0 Å². The number of carbonyl (C=O) groups is 1. The molecule has 5 fully saturated rings. The van der Waals surface area contributed by atoms with Crippen molar-refractivity contribution in [3.8, 4) is 0 Å². The fraction of sp³-hybridized carbons (Fsp3) is 0.828. The number of nitrogens with zero attached hydrogens (tertiary/aromatic N) is 1. The van der Waals surface area contributed by atoms with Gasteiger partial charge < -0.3 is 14.6 Å². The van der Waals surface area contributed by atoms with E-state index in [0.29, 0.717) is 23.9 Å². The summed E-state index contributed by atoms with van der Waals surface area (Å²) in [7, 11) is 3.70. The molecule has 5 nitrogen and oxygen atoms in total. The number of hydrogen-bond acceptors (Lipinski definition) is 5. The smallest absolute Gasteiger partial charge is 0.142 e. The van der Waals surface area contributed by atoms with Gasteiger partial charge in [0.1, 0.15) is 11.9 Å². The Bertz CT molecular complexity index is 748. The highest BCUT2D eigenvalue weighted by molar-refractivity contribution is 5.65. The van der Waals surface area contributed by atoms with Gasteiger partial charge in [-0.3, -0.25) is 9.69 Å². The van der Waals surface area contributed by atoms with Gasteiger partial charge in [0.2, 0.25) is 0 Å². The number of aliphatic hydroxyl groups is 1. The van der Waals surface area contributed by atoms with Crippen molar-refractivity contribution in [3.63, 3.8) is 0 Å². The van der Waals surface area contributed by atoms with E-state index >= 15 is 0 Å². The number of allylic oxidation sites excluding steroid dienone is 4. The minimum atomic E-state index is -0.503. The molecule has 192 valence electrons. The third-order valence-electron chi connectivity index (χ3n) is 10.3. The molecule has 0 bridgehead atoms. The molecular formula is C29H47NO4. The van der Waals surface area contributed by atoms with E-state index in [9.17, 15) is 9.90 Å². The molecule has 1 saturated heterocycles. The summed E-state index contributed by atoms with van der Waals surface area (Å²) < 4.78 is 12.0. The highest BCUT2D eigenvalue weighted by Gasteiger charge is 2.76. The molecule has 1 heterocycles. The van der Waals surface area contributed by atoms with Gasteiger partial charge in [-0.2, -0.15) is 0 Å². The van der Waals surface area contributed by atoms with Crippen LogP contribution in [0.4, 0.5) is 0 Å². The summed E-state index contributed by atoms with van der Waals surface area (Å²) in [6, 6.07) is 0.777. The molecule has 5 heteroatoms. The normalized spacial score (nSPS) is 43.9. The molecule has 0 aromatic carbocycles. The molecule has 0 spiro atoms. The number of carbonyl (C=O) groups excluding carboxylic acids is 1. The van der Waals surface area contributed by atoms with Crippen LogP contribution in [0.25, 0.3) is 0 Å². The van der Waals surface area contributed by atoms with Crippen LogP contribution in [0.15, 0.2) is 24.3 Å². The summed E-state index contributed by atoms with van der Waals surface area (Å²) in [5.74, 6) is 2.01. The van der Waals surface area contributed by atoms with E-state index in [1.54, 1.807) is 12.2 Å². The highest BCUT2D eigenvalue weighted by Crippen LogP contribution is 2.68. The summed E-state index contributed by atoms with van der Waals surface area (Å²) in [6.07, 6.45) is 20.3. The molecule has 34 heavy (non-hydrogen) atoms. The third kappa shape index (κ3) is 4.05. The molecule has 5 aliphatic rings. The first kappa shape index (κ1) is 26.1. The van der Waals surface area contributed by atoms with Crippen molar-refractivity contribution in [2.75, 3.05) is 20.8 Å². The first-order valence-electron chi connectivity index (χ1n) is 13.8. The Balaban J connectivity index is 0.000000344. The second-order valence-electron chi connectivity index (χ2n) is 11.4. The Morgan fingerprint density at radius 1 is 1.00 bits per heavy atom. The Kier molecular flexibility index (Phi) is 8.39. The minimum Gasteiger partial charge on any atom is -0.386 e. The predicted molar refractivity (Wildman–Crippen MR) is 136 cm³/mol. The first-order valence-corrected chi connectivity index (χ1v) is 13.8. The Morgan fingerprint density at radius 3 is 2.38 bits per heavy atom. The van der Waals surface area contributed by atoms with Crippen LogP contribution in [0.1, 0.15) is 78.1 Å². The molecule has 8 unspecified atom stereocenters. The van der Waals surface area contributed by atoms with E-state index in [-0.39, 0.29) is 17.6 Å². The number of methoxy groups -OCH3 is 2. The number of fused-ring (bicyclic) bond motifs is 2. The largest absolute Gasteiger partial charge is 0.386 e. The van der Waals surface area contributed by atoms with Crippen molar-refractivity contribution in [2.45, 2.75) is 108 Å². The zero-order valence-electron chi connectivity index (χ0n) is 21.8. The molecule has 1 aliphatic heterocycles. The van der Waals surface area contributed by atoms with Gasteiger partial charge in [-0.15, -0.1) is 0 Å². The second-order valence-corrected chi connectivity index (χ2v) is 11.4. The number of rotatable bonds is 7. The maximum atomic E-state index is 12.3. The molecule has 4 aliphatic carbocycles. The van der Waals surface area contributed by atoms with E-state index < -0.39 is 5.60 Å². The van der Waals surface area contributed by atoms with Gasteiger partial charge in [0.05, 0.1) is 12.2 Å². The minimum absolute atomic E-state index is 0.0114. The maximum absolute atomic E-state index is 12.3. The molecule has 4 saturated carbocycles. The predicted octanol–water partition coefficient (Wildman–Crippen LogP) is 4.93. The van der Waals surface area contributed by atoms with Gasteiger partial charge in [0, 0.05) is 38.3 Å². The van der Waals surface area contributed by atoms with Crippen LogP contribution in [-0.2, 0) is 14.3 Å². The van der Waals surface area contributed by atoms with Crippen molar-refractivity contribution in [1.82, 2.24) is 4.90 Å². The number of ether oxygens (including phenoxy) is 2. The lowest BCUT2D eigenvalue weighted by Crippen LogP contribution is -2.87. The maximum Gasteiger partial charge on any atom is 0.142 e. The van der Waals surface area contributed by atoms with Crippen molar-refractivity contribution in [2.24, 2.45) is 23.2 Å². The van der Waals surface area contributed by atoms with Crippen LogP contribution < -0.4 is 0 Å². The molecule has 0 amide bonds. The van der Waals surface area contributed by atoms with E-state index in [0.717, 1.165) is 25.0 Å². The second kappa shape index (κ2) is 10.9. The van der Waals surface area contributed by atoms with Gasteiger partial charge in [0.15, 0.2) is 0 Å². The molecule has 5 rings (SSSR count). The summed E-state index contributed by atoms with van der Waals surface area (Å²) in [4.78, 5) is 12.3. The Labute approximate surface area is 206 Å². The van der Waals surface area contributed by atoms with E-state index in [1.165, 1.54) is 64.0 Å². The van der Waals surface area contributed by atoms with Crippen LogP contribution >= 0.6 is 0 Å². The Hall–Kier alpha value is -1.01. The summed E-state index contributed by atoms with van der Waals surface area (Å²) >= 11 is 0. The topological polar surface area (TPSA) is 59.0 Å². The average Bonchev–Trinajstić information content (AvgIpc) is 2.83. The standard InChI is InChI=1S/C23H39NO3.C6H8O/c1-4-22-12-6-9-18-23(22,25)19(24(18)14-15-7-5-8-15)13-16-10-11-17(26-2)21(27-3)20(16)22;1-2-3-4-5-6-7/h15-21,25H,4-14H2,1-3H3;2-6H,1H3/b;3-2+,5-4+. The highest BCUT2D eigenvalue weighted by atomic mass is 16.5. The molecular weight excluding hydrogens is 426 g/mol. The quantitative estimate of drug-likeness (QED) is 0.323. The average molecular weight is 474 g/mol. The van der Waals surface area contributed by atoms with E-state index in [1.807, 2.05) is 27.2 Å². The molecule has 1 N–H and O–H groups in total. The van der Waals surface area contributed by atoms with Crippen LogP contribution in [0, 0.1) is 23.2 Å². The summed E-state index contributed by atoms with van der Waals surface area (Å²) in [5, 5.41) is 12.3. The fourth-order valence-corrected chi connectivity index (χ4v) is 8.71. The number of hydrogen-bond donors (Lipinski definition) is 1. The van der Waals surface area contributed by atoms with Crippen molar-refractivity contribution >= 4 is 6.29 Å². The molecule has 0 radical (unpaired) electrons. The molecule has 0 aromatic heterocycles. The fourth-order valence-electron chi connectivity index (χ4n) is 8.71. The van der Waals surface area contributed by atoms with Gasteiger partial charge in [-0.25, -0.2) is 0 Å². The van der Waals surface area contributed by atoms with Gasteiger partial charge in [-0.05, 0) is 82.1 Å². The lowest BCUT2D eigenvalue weighted by molar-refractivity contribution is -0.344. The number of aldehydes is 1. The number of likely N-dealkylation sites (tertiary alicyclic amines) is 1. The third-order valence-corrected chi connectivity index (χ3v) is 10.3. The van der Waals surface area contributed by atoms with Crippen molar-refractivity contribution < 1.29 is 19.4 Å². The van der Waals surface area contributed by atoms with E-state index in [2.05, 4.69) is 11.8 Å². The molecule has 0 aromatic rings. The first-order chi connectivity index (χ1) is 16.5. The monoisotopic (exact) mass is 473 g/mol. The van der Waals surface area contributed by atoms with Gasteiger partial charge >= 0.3 is 0 Å². The summed E-state index contributed by atoms with van der Waals surface area (Å²) in [6.45, 7) is 5.47. The van der Waals surface area contributed by atoms with Crippen molar-refractivity contribution in [3.05, 3.63) is 24.3 Å². The lowest BCUT2D eigenvalue weighted by Gasteiger charge is -2.77. The van der Waals surface area contributed by atoms with Gasteiger partial charge in [-0.1, -0.05) is 38.0 Å². The summed E-state index contributed by atoms with van der Waals surface area (Å²) in [5.41, 5.74) is -0.491. The van der Waals surface area contributed by atoms with Crippen LogP contribution in [0.3, 0.4) is 0 Å². The van der Waals surface area contributed by atoms with Gasteiger partial charge in [0.25, 0.3) is 0 Å². The van der Waals surface area contributed by atoms with Crippen LogP contribution in [0.2, 0.25) is 0 Å².